The van der Waals surface area contributed by atoms with Crippen LogP contribution in [0.2, 0.25) is 0 Å². The summed E-state index contributed by atoms with van der Waals surface area (Å²) in [6.07, 6.45) is 9.90. The van der Waals surface area contributed by atoms with Gasteiger partial charge < -0.3 is 10.1 Å². The van der Waals surface area contributed by atoms with E-state index < -0.39 is 0 Å². The van der Waals surface area contributed by atoms with Gasteiger partial charge >= 0.3 is 0 Å². The van der Waals surface area contributed by atoms with Crippen molar-refractivity contribution < 1.29 is 4.74 Å². The molecule has 1 saturated carbocycles. The second-order valence-electron chi connectivity index (χ2n) is 5.12. The summed E-state index contributed by atoms with van der Waals surface area (Å²) in [5.74, 6) is 0.998. The third-order valence-electron chi connectivity index (χ3n) is 3.72. The lowest BCUT2D eigenvalue weighted by Crippen LogP contribution is -2.20. The standard InChI is InChI=1S/C13H25NO/c1-2-5-11-10-13(11)14-8-3-6-12-7-4-9-15-12/h11-14H,2-10H2,1H3. The summed E-state index contributed by atoms with van der Waals surface area (Å²) in [7, 11) is 0. The van der Waals surface area contributed by atoms with Crippen molar-refractivity contribution in [3.8, 4) is 0 Å². The fourth-order valence-electron chi connectivity index (χ4n) is 2.68. The van der Waals surface area contributed by atoms with Crippen LogP contribution in [0.4, 0.5) is 0 Å². The average Bonchev–Trinajstić information content (AvgIpc) is 2.79. The molecule has 15 heavy (non-hydrogen) atoms. The maximum absolute atomic E-state index is 5.61. The monoisotopic (exact) mass is 211 g/mol. The Kier molecular flexibility index (Phi) is 4.45. The van der Waals surface area contributed by atoms with Crippen molar-refractivity contribution in [1.29, 1.82) is 0 Å². The Morgan fingerprint density at radius 2 is 2.27 bits per heavy atom. The molecule has 0 aromatic rings. The van der Waals surface area contributed by atoms with E-state index in [1.54, 1.807) is 0 Å². The fourth-order valence-corrected chi connectivity index (χ4v) is 2.68. The molecular weight excluding hydrogens is 186 g/mol. The molecule has 1 N–H and O–H groups in total. The lowest BCUT2D eigenvalue weighted by atomic mass is 10.1. The van der Waals surface area contributed by atoms with Gasteiger partial charge in [-0.1, -0.05) is 13.3 Å². The van der Waals surface area contributed by atoms with Crippen LogP contribution in [0.25, 0.3) is 0 Å². The molecular formula is C13H25NO. The first-order valence-corrected chi connectivity index (χ1v) is 6.75. The van der Waals surface area contributed by atoms with Gasteiger partial charge in [0, 0.05) is 12.6 Å². The maximum Gasteiger partial charge on any atom is 0.0576 e. The summed E-state index contributed by atoms with van der Waals surface area (Å²) >= 11 is 0. The number of nitrogens with one attached hydrogen (secondary N) is 1. The number of rotatable bonds is 7. The van der Waals surface area contributed by atoms with Crippen LogP contribution >= 0.6 is 0 Å². The molecule has 0 spiro atoms. The summed E-state index contributed by atoms with van der Waals surface area (Å²) in [5.41, 5.74) is 0. The maximum atomic E-state index is 5.61. The van der Waals surface area contributed by atoms with Gasteiger partial charge in [0.1, 0.15) is 0 Å². The zero-order chi connectivity index (χ0) is 10.5. The minimum absolute atomic E-state index is 0.581. The van der Waals surface area contributed by atoms with Gasteiger partial charge in [0.25, 0.3) is 0 Å². The van der Waals surface area contributed by atoms with Crippen LogP contribution in [0.15, 0.2) is 0 Å². The van der Waals surface area contributed by atoms with Gasteiger partial charge in [-0.15, -0.1) is 0 Å². The molecule has 2 heteroatoms. The van der Waals surface area contributed by atoms with Crippen molar-refractivity contribution in [3.63, 3.8) is 0 Å². The van der Waals surface area contributed by atoms with Crippen molar-refractivity contribution in [2.75, 3.05) is 13.2 Å². The molecule has 2 nitrogen and oxygen atoms in total. The van der Waals surface area contributed by atoms with Crippen LogP contribution in [0.3, 0.4) is 0 Å². The molecule has 0 aromatic carbocycles. The number of hydrogen-bond acceptors (Lipinski definition) is 2. The fraction of sp³-hybridized carbons (Fsp3) is 1.00. The SMILES string of the molecule is CCCC1CC1NCCCC1CCCO1. The van der Waals surface area contributed by atoms with Gasteiger partial charge in [-0.25, -0.2) is 0 Å². The second kappa shape index (κ2) is 5.86. The van der Waals surface area contributed by atoms with E-state index in [0.29, 0.717) is 6.10 Å². The lowest BCUT2D eigenvalue weighted by Gasteiger charge is -2.09. The minimum Gasteiger partial charge on any atom is -0.378 e. The second-order valence-corrected chi connectivity index (χ2v) is 5.12. The molecule has 1 aliphatic carbocycles. The molecule has 1 saturated heterocycles. The van der Waals surface area contributed by atoms with E-state index in [2.05, 4.69) is 12.2 Å². The van der Waals surface area contributed by atoms with Gasteiger partial charge in [-0.3, -0.25) is 0 Å². The van der Waals surface area contributed by atoms with Crippen LogP contribution in [0.1, 0.15) is 51.9 Å². The molecule has 0 bridgehead atoms. The van der Waals surface area contributed by atoms with E-state index >= 15 is 0 Å². The summed E-state index contributed by atoms with van der Waals surface area (Å²) < 4.78 is 5.61. The van der Waals surface area contributed by atoms with E-state index in [1.807, 2.05) is 0 Å². The van der Waals surface area contributed by atoms with Crippen molar-refractivity contribution in [1.82, 2.24) is 5.32 Å². The smallest absolute Gasteiger partial charge is 0.0576 e. The van der Waals surface area contributed by atoms with Gasteiger partial charge in [0.15, 0.2) is 0 Å². The molecule has 2 rings (SSSR count). The Morgan fingerprint density at radius 1 is 1.33 bits per heavy atom. The molecule has 2 aliphatic rings. The molecule has 1 aliphatic heterocycles. The quantitative estimate of drug-likeness (QED) is 0.654. The Labute approximate surface area is 93.8 Å². The Morgan fingerprint density at radius 3 is 3.00 bits per heavy atom. The average molecular weight is 211 g/mol. The van der Waals surface area contributed by atoms with Crippen molar-refractivity contribution in [2.45, 2.75) is 64.0 Å². The first-order valence-electron chi connectivity index (χ1n) is 6.75. The van der Waals surface area contributed by atoms with E-state index in [4.69, 9.17) is 4.74 Å². The minimum atomic E-state index is 0.581. The topological polar surface area (TPSA) is 21.3 Å². The molecule has 3 atom stereocenters. The van der Waals surface area contributed by atoms with Gasteiger partial charge in [0.2, 0.25) is 0 Å². The Hall–Kier alpha value is -0.0800. The van der Waals surface area contributed by atoms with E-state index in [9.17, 15) is 0 Å². The zero-order valence-electron chi connectivity index (χ0n) is 10.0. The third-order valence-corrected chi connectivity index (χ3v) is 3.72. The highest BCUT2D eigenvalue weighted by Gasteiger charge is 2.34. The number of ether oxygens (including phenoxy) is 1. The first-order chi connectivity index (χ1) is 7.40. The van der Waals surface area contributed by atoms with Gasteiger partial charge in [-0.05, 0) is 51.0 Å². The zero-order valence-corrected chi connectivity index (χ0v) is 10.0. The third kappa shape index (κ3) is 3.76. The number of hydrogen-bond donors (Lipinski definition) is 1. The highest BCUT2D eigenvalue weighted by Crippen LogP contribution is 2.34. The van der Waals surface area contributed by atoms with E-state index in [0.717, 1.165) is 18.6 Å². The molecule has 3 unspecified atom stereocenters. The van der Waals surface area contributed by atoms with Crippen molar-refractivity contribution in [3.05, 3.63) is 0 Å². The summed E-state index contributed by atoms with van der Waals surface area (Å²) in [6.45, 7) is 4.48. The van der Waals surface area contributed by atoms with Crippen LogP contribution in [0, 0.1) is 5.92 Å². The van der Waals surface area contributed by atoms with Crippen LogP contribution in [0.5, 0.6) is 0 Å². The molecule has 2 fully saturated rings. The summed E-state index contributed by atoms with van der Waals surface area (Å²) in [4.78, 5) is 0. The first kappa shape index (κ1) is 11.4. The molecule has 1 heterocycles. The Bertz CT molecular complexity index is 177. The Balaban J connectivity index is 1.42. The lowest BCUT2D eigenvalue weighted by molar-refractivity contribution is 0.102. The normalized spacial score (nSPS) is 34.6. The predicted molar refractivity (Wildman–Crippen MR) is 63.0 cm³/mol. The molecule has 0 amide bonds. The summed E-state index contributed by atoms with van der Waals surface area (Å²) in [6, 6.07) is 0.856. The largest absolute Gasteiger partial charge is 0.378 e. The van der Waals surface area contributed by atoms with Crippen molar-refractivity contribution in [2.24, 2.45) is 5.92 Å². The molecule has 0 radical (unpaired) electrons. The van der Waals surface area contributed by atoms with Gasteiger partial charge in [-0.2, -0.15) is 0 Å². The molecule has 88 valence electrons. The van der Waals surface area contributed by atoms with Crippen molar-refractivity contribution >= 4 is 0 Å². The summed E-state index contributed by atoms with van der Waals surface area (Å²) in [5, 5.41) is 3.66. The predicted octanol–water partition coefficient (Wildman–Crippen LogP) is 2.72. The van der Waals surface area contributed by atoms with Crippen LogP contribution in [-0.2, 0) is 4.74 Å². The van der Waals surface area contributed by atoms with Gasteiger partial charge in [0.05, 0.1) is 6.10 Å². The van der Waals surface area contributed by atoms with Crippen LogP contribution < -0.4 is 5.32 Å². The van der Waals surface area contributed by atoms with E-state index in [-0.39, 0.29) is 0 Å². The highest BCUT2D eigenvalue weighted by atomic mass is 16.5. The van der Waals surface area contributed by atoms with Crippen LogP contribution in [-0.4, -0.2) is 25.3 Å². The highest BCUT2D eigenvalue weighted by molar-refractivity contribution is 4.92. The van der Waals surface area contributed by atoms with E-state index in [1.165, 1.54) is 51.5 Å². The molecule has 0 aromatic heterocycles.